The Morgan fingerprint density at radius 2 is 1.86 bits per heavy atom. The van der Waals surface area contributed by atoms with Crippen LogP contribution in [0.1, 0.15) is 28.7 Å². The maximum Gasteiger partial charge on any atom is 0.278 e. The molecule has 3 rings (SSSR count). The van der Waals surface area contributed by atoms with E-state index in [0.717, 1.165) is 5.56 Å². The second kappa shape index (κ2) is 8.35. The average molecular weight is 400 g/mol. The summed E-state index contributed by atoms with van der Waals surface area (Å²) in [5, 5.41) is 4.71. The van der Waals surface area contributed by atoms with Crippen molar-refractivity contribution in [3.05, 3.63) is 92.6 Å². The molecule has 0 bridgehead atoms. The van der Waals surface area contributed by atoms with Crippen molar-refractivity contribution in [3.63, 3.8) is 0 Å². The van der Waals surface area contributed by atoms with Gasteiger partial charge in [-0.2, -0.15) is 5.10 Å². The van der Waals surface area contributed by atoms with Crippen LogP contribution in [0.15, 0.2) is 59.4 Å². The van der Waals surface area contributed by atoms with Crippen LogP contribution in [0.5, 0.6) is 0 Å². The molecule has 0 saturated heterocycles. The summed E-state index contributed by atoms with van der Waals surface area (Å²) in [6, 6.07) is 14.5. The number of para-hydroxylation sites is 1. The number of amides is 1. The molecular weight excluding hydrogens is 381 g/mol. The number of nitrogens with zero attached hydrogens (tertiary/aromatic N) is 3. The van der Waals surface area contributed by atoms with Gasteiger partial charge in [0.05, 0.1) is 0 Å². The van der Waals surface area contributed by atoms with Crippen molar-refractivity contribution in [3.8, 4) is 5.69 Å². The van der Waals surface area contributed by atoms with E-state index in [-0.39, 0.29) is 17.9 Å². The topological polar surface area (TPSA) is 55.2 Å². The zero-order valence-corrected chi connectivity index (χ0v) is 16.3. The molecule has 5 nitrogen and oxygen atoms in total. The Balaban J connectivity index is 2.01. The highest BCUT2D eigenvalue weighted by molar-refractivity contribution is 6.31. The van der Waals surface area contributed by atoms with Crippen molar-refractivity contribution in [2.45, 2.75) is 20.4 Å². The molecule has 0 unspecified atom stereocenters. The van der Waals surface area contributed by atoms with Crippen LogP contribution in [0.25, 0.3) is 5.69 Å². The summed E-state index contributed by atoms with van der Waals surface area (Å²) in [6.07, 6.45) is 0. The fourth-order valence-corrected chi connectivity index (χ4v) is 3.07. The van der Waals surface area contributed by atoms with Crippen molar-refractivity contribution in [2.75, 3.05) is 6.54 Å². The Hall–Kier alpha value is -2.99. The van der Waals surface area contributed by atoms with E-state index in [2.05, 4.69) is 5.10 Å². The number of hydrogen-bond acceptors (Lipinski definition) is 3. The monoisotopic (exact) mass is 399 g/mol. The molecule has 2 aromatic carbocycles. The van der Waals surface area contributed by atoms with Crippen LogP contribution in [-0.4, -0.2) is 27.1 Å². The van der Waals surface area contributed by atoms with Crippen molar-refractivity contribution in [1.29, 1.82) is 0 Å². The summed E-state index contributed by atoms with van der Waals surface area (Å²) in [6.45, 7) is 4.04. The second-order valence-electron chi connectivity index (χ2n) is 6.27. The van der Waals surface area contributed by atoms with E-state index >= 15 is 0 Å². The molecule has 1 aromatic heterocycles. The molecular formula is C21H19ClFN3O2. The molecule has 144 valence electrons. The summed E-state index contributed by atoms with van der Waals surface area (Å²) in [5.74, 6) is -1.03. The van der Waals surface area contributed by atoms with E-state index in [9.17, 15) is 14.0 Å². The molecule has 1 amide bonds. The molecule has 1 heterocycles. The molecule has 0 aliphatic rings. The van der Waals surface area contributed by atoms with Crippen LogP contribution < -0.4 is 5.43 Å². The third kappa shape index (κ3) is 3.97. The fourth-order valence-electron chi connectivity index (χ4n) is 2.87. The zero-order chi connectivity index (χ0) is 20.3. The van der Waals surface area contributed by atoms with Gasteiger partial charge in [-0.05, 0) is 37.6 Å². The number of hydrogen-bond donors (Lipinski definition) is 0. The standard InChI is InChI=1S/C21H19ClFN3O2/c1-3-25(13-15-8-4-5-9-16(15)22)21(28)20-19(27)12-14(2)26(24-20)18-11-7-6-10-17(18)23/h4-12H,3,13H2,1-2H3. The first kappa shape index (κ1) is 19.8. The van der Waals surface area contributed by atoms with Crippen LogP contribution in [0.2, 0.25) is 5.02 Å². The van der Waals surface area contributed by atoms with Gasteiger partial charge in [-0.1, -0.05) is 41.9 Å². The minimum absolute atomic E-state index is 0.170. The highest BCUT2D eigenvalue weighted by atomic mass is 35.5. The smallest absolute Gasteiger partial charge is 0.278 e. The van der Waals surface area contributed by atoms with Crippen molar-refractivity contribution in [2.24, 2.45) is 0 Å². The highest BCUT2D eigenvalue weighted by Crippen LogP contribution is 2.18. The van der Waals surface area contributed by atoms with Crippen molar-refractivity contribution >= 4 is 17.5 Å². The summed E-state index contributed by atoms with van der Waals surface area (Å²) < 4.78 is 15.5. The number of benzene rings is 2. The number of carbonyl (C=O) groups excluding carboxylic acids is 1. The summed E-state index contributed by atoms with van der Waals surface area (Å²) in [7, 11) is 0. The van der Waals surface area contributed by atoms with Gasteiger partial charge in [0.2, 0.25) is 5.43 Å². The SMILES string of the molecule is CCN(Cc1ccccc1Cl)C(=O)c1nn(-c2ccccc2F)c(C)cc1=O. The van der Waals surface area contributed by atoms with Gasteiger partial charge < -0.3 is 4.90 Å². The zero-order valence-electron chi connectivity index (χ0n) is 15.5. The Labute approximate surface area is 167 Å². The molecule has 0 aliphatic heterocycles. The second-order valence-corrected chi connectivity index (χ2v) is 6.68. The highest BCUT2D eigenvalue weighted by Gasteiger charge is 2.22. The average Bonchev–Trinajstić information content (AvgIpc) is 2.68. The predicted molar refractivity (Wildman–Crippen MR) is 106 cm³/mol. The molecule has 3 aromatic rings. The largest absolute Gasteiger partial charge is 0.333 e. The number of carbonyl (C=O) groups is 1. The van der Waals surface area contributed by atoms with Gasteiger partial charge in [0, 0.05) is 29.9 Å². The van der Waals surface area contributed by atoms with Crippen LogP contribution in [0, 0.1) is 12.7 Å². The maximum absolute atomic E-state index is 14.2. The van der Waals surface area contributed by atoms with Gasteiger partial charge in [-0.3, -0.25) is 9.59 Å². The molecule has 0 N–H and O–H groups in total. The van der Waals surface area contributed by atoms with Gasteiger partial charge in [0.25, 0.3) is 5.91 Å². The van der Waals surface area contributed by atoms with Crippen LogP contribution >= 0.6 is 11.6 Å². The van der Waals surface area contributed by atoms with Gasteiger partial charge in [-0.15, -0.1) is 0 Å². The van der Waals surface area contributed by atoms with Gasteiger partial charge >= 0.3 is 0 Å². The summed E-state index contributed by atoms with van der Waals surface area (Å²) in [5.41, 5.74) is 0.598. The fraction of sp³-hybridized carbons (Fsp3) is 0.190. The Morgan fingerprint density at radius 3 is 2.54 bits per heavy atom. The van der Waals surface area contributed by atoms with Crippen LogP contribution in [0.3, 0.4) is 0 Å². The third-order valence-electron chi connectivity index (χ3n) is 4.38. The minimum Gasteiger partial charge on any atom is -0.333 e. The first-order valence-corrected chi connectivity index (χ1v) is 9.18. The van der Waals surface area contributed by atoms with Gasteiger partial charge in [0.15, 0.2) is 5.69 Å². The predicted octanol–water partition coefficient (Wildman–Crippen LogP) is 4.00. The quantitative estimate of drug-likeness (QED) is 0.651. The molecule has 0 radical (unpaired) electrons. The Morgan fingerprint density at radius 1 is 1.18 bits per heavy atom. The minimum atomic E-state index is -0.530. The first-order chi connectivity index (χ1) is 13.4. The lowest BCUT2D eigenvalue weighted by Gasteiger charge is -2.21. The van der Waals surface area contributed by atoms with Crippen LogP contribution in [-0.2, 0) is 6.54 Å². The van der Waals surface area contributed by atoms with E-state index < -0.39 is 17.2 Å². The lowest BCUT2D eigenvalue weighted by atomic mass is 10.2. The van der Waals surface area contributed by atoms with E-state index in [1.54, 1.807) is 38.1 Å². The number of rotatable bonds is 5. The normalized spacial score (nSPS) is 10.7. The summed E-state index contributed by atoms with van der Waals surface area (Å²) >= 11 is 6.19. The van der Waals surface area contributed by atoms with Crippen molar-refractivity contribution in [1.82, 2.24) is 14.7 Å². The van der Waals surface area contributed by atoms with Crippen molar-refractivity contribution < 1.29 is 9.18 Å². The molecule has 0 spiro atoms. The lowest BCUT2D eigenvalue weighted by Crippen LogP contribution is -2.36. The molecule has 0 saturated carbocycles. The van der Waals surface area contributed by atoms with E-state index in [0.29, 0.717) is 17.3 Å². The Bertz CT molecular complexity index is 1080. The van der Waals surface area contributed by atoms with E-state index in [1.165, 1.54) is 27.8 Å². The maximum atomic E-state index is 14.2. The molecule has 0 fully saturated rings. The lowest BCUT2D eigenvalue weighted by molar-refractivity contribution is 0.0743. The number of aryl methyl sites for hydroxylation is 1. The van der Waals surface area contributed by atoms with Crippen LogP contribution in [0.4, 0.5) is 4.39 Å². The van der Waals surface area contributed by atoms with Gasteiger partial charge in [0.1, 0.15) is 11.5 Å². The summed E-state index contributed by atoms with van der Waals surface area (Å²) in [4.78, 5) is 26.9. The third-order valence-corrected chi connectivity index (χ3v) is 4.75. The number of halogens is 2. The molecule has 0 aliphatic carbocycles. The van der Waals surface area contributed by atoms with E-state index in [4.69, 9.17) is 11.6 Å². The molecule has 7 heteroatoms. The van der Waals surface area contributed by atoms with E-state index in [1.807, 2.05) is 12.1 Å². The molecule has 0 atom stereocenters. The number of aromatic nitrogens is 2. The Kier molecular flexibility index (Phi) is 5.90. The molecule has 28 heavy (non-hydrogen) atoms. The first-order valence-electron chi connectivity index (χ1n) is 8.81. The van der Waals surface area contributed by atoms with Gasteiger partial charge in [-0.25, -0.2) is 9.07 Å².